The fraction of sp³-hybridized carbons (Fsp3) is 0.538. The summed E-state index contributed by atoms with van der Waals surface area (Å²) < 4.78 is 0. The van der Waals surface area contributed by atoms with Gasteiger partial charge in [-0.3, -0.25) is 0 Å². The molecule has 0 fully saturated rings. The van der Waals surface area contributed by atoms with Gasteiger partial charge in [-0.2, -0.15) is 0 Å². The number of fused-ring (bicyclic) bond motifs is 1. The van der Waals surface area contributed by atoms with Crippen molar-refractivity contribution in [2.75, 3.05) is 11.9 Å². The van der Waals surface area contributed by atoms with Crippen LogP contribution in [0.3, 0.4) is 0 Å². The number of hydrogen-bond donors (Lipinski definition) is 1. The van der Waals surface area contributed by atoms with Gasteiger partial charge in [0.15, 0.2) is 0 Å². The van der Waals surface area contributed by atoms with Crippen molar-refractivity contribution >= 4 is 5.69 Å². The Hall–Kier alpha value is -0.980. The molecule has 0 saturated carbocycles. The highest BCUT2D eigenvalue weighted by Crippen LogP contribution is 2.32. The lowest BCUT2D eigenvalue weighted by Crippen LogP contribution is -2.19. The second-order valence-electron chi connectivity index (χ2n) is 5.11. The normalized spacial score (nSPS) is 15.9. The molecule has 0 bridgehead atoms. The van der Waals surface area contributed by atoms with Crippen LogP contribution < -0.4 is 5.32 Å². The molecule has 0 atom stereocenters. The van der Waals surface area contributed by atoms with Crippen molar-refractivity contribution in [1.29, 1.82) is 0 Å². The van der Waals surface area contributed by atoms with Crippen LogP contribution in [0.1, 0.15) is 38.3 Å². The van der Waals surface area contributed by atoms with Gasteiger partial charge in [-0.15, -0.1) is 0 Å². The van der Waals surface area contributed by atoms with Gasteiger partial charge in [0, 0.05) is 12.2 Å². The second kappa shape index (κ2) is 3.30. The molecule has 1 aromatic rings. The Kier molecular flexibility index (Phi) is 2.26. The lowest BCUT2D eigenvalue weighted by atomic mass is 9.81. The lowest BCUT2D eigenvalue weighted by molar-refractivity contribution is 0.579. The highest BCUT2D eigenvalue weighted by molar-refractivity contribution is 5.57. The summed E-state index contributed by atoms with van der Waals surface area (Å²) >= 11 is 0. The third-order valence-electron chi connectivity index (χ3n) is 2.90. The molecular weight excluding hydrogens is 170 g/mol. The number of rotatable bonds is 0. The van der Waals surface area contributed by atoms with Crippen LogP contribution in [0.25, 0.3) is 0 Å². The molecule has 0 amide bonds. The van der Waals surface area contributed by atoms with Crippen LogP contribution in [0.15, 0.2) is 18.2 Å². The summed E-state index contributed by atoms with van der Waals surface area (Å²) in [5.41, 5.74) is 4.65. The van der Waals surface area contributed by atoms with E-state index in [1.54, 1.807) is 0 Å². The SMILES string of the molecule is CC(C)(C)c1cccc2c1CCCN2. The Morgan fingerprint density at radius 3 is 2.71 bits per heavy atom. The van der Waals surface area contributed by atoms with Gasteiger partial charge in [0.2, 0.25) is 0 Å². The van der Waals surface area contributed by atoms with Crippen LogP contribution in [0.2, 0.25) is 0 Å². The summed E-state index contributed by atoms with van der Waals surface area (Å²) in [6.07, 6.45) is 2.50. The van der Waals surface area contributed by atoms with Crippen LogP contribution >= 0.6 is 0 Å². The Bertz CT molecular complexity index is 334. The lowest BCUT2D eigenvalue weighted by Gasteiger charge is -2.28. The third-order valence-corrected chi connectivity index (χ3v) is 2.90. The molecule has 1 N–H and O–H groups in total. The van der Waals surface area contributed by atoms with Gasteiger partial charge in [0.05, 0.1) is 0 Å². The first-order valence-electron chi connectivity index (χ1n) is 5.45. The zero-order valence-corrected chi connectivity index (χ0v) is 9.35. The first-order valence-corrected chi connectivity index (χ1v) is 5.45. The summed E-state index contributed by atoms with van der Waals surface area (Å²) in [6, 6.07) is 6.63. The van der Waals surface area contributed by atoms with Crippen molar-refractivity contribution < 1.29 is 0 Å². The molecule has 1 heterocycles. The molecule has 1 heteroatoms. The van der Waals surface area contributed by atoms with E-state index < -0.39 is 0 Å². The summed E-state index contributed by atoms with van der Waals surface area (Å²) in [5.74, 6) is 0. The summed E-state index contributed by atoms with van der Waals surface area (Å²) in [6.45, 7) is 7.99. The molecule has 1 aliphatic rings. The molecule has 0 saturated heterocycles. The molecule has 1 nitrogen and oxygen atoms in total. The van der Waals surface area contributed by atoms with Gasteiger partial charge in [-0.05, 0) is 35.4 Å². The Morgan fingerprint density at radius 1 is 1.21 bits per heavy atom. The minimum Gasteiger partial charge on any atom is -0.385 e. The molecule has 0 aromatic heterocycles. The number of benzene rings is 1. The maximum Gasteiger partial charge on any atom is 0.0375 e. The first-order chi connectivity index (χ1) is 6.59. The Labute approximate surface area is 86.5 Å². The van der Waals surface area contributed by atoms with Crippen LogP contribution in [-0.2, 0) is 11.8 Å². The predicted octanol–water partition coefficient (Wildman–Crippen LogP) is 3.34. The fourth-order valence-corrected chi connectivity index (χ4v) is 2.21. The minimum absolute atomic E-state index is 0.268. The van der Waals surface area contributed by atoms with Crippen molar-refractivity contribution in [2.45, 2.75) is 39.0 Å². The summed E-state index contributed by atoms with van der Waals surface area (Å²) in [5, 5.41) is 3.48. The molecule has 0 radical (unpaired) electrons. The summed E-state index contributed by atoms with van der Waals surface area (Å²) in [7, 11) is 0. The van der Waals surface area contributed by atoms with E-state index in [9.17, 15) is 0 Å². The van der Waals surface area contributed by atoms with E-state index in [4.69, 9.17) is 0 Å². The Morgan fingerprint density at radius 2 is 2.00 bits per heavy atom. The van der Waals surface area contributed by atoms with Crippen molar-refractivity contribution in [2.24, 2.45) is 0 Å². The molecule has 2 rings (SSSR count). The van der Waals surface area contributed by atoms with E-state index in [1.807, 2.05) is 0 Å². The van der Waals surface area contributed by atoms with Crippen LogP contribution in [0.5, 0.6) is 0 Å². The van der Waals surface area contributed by atoms with Crippen LogP contribution in [-0.4, -0.2) is 6.54 Å². The number of hydrogen-bond acceptors (Lipinski definition) is 1. The van der Waals surface area contributed by atoms with Crippen LogP contribution in [0.4, 0.5) is 5.69 Å². The van der Waals surface area contributed by atoms with Gasteiger partial charge in [-0.25, -0.2) is 0 Å². The molecule has 0 unspecified atom stereocenters. The number of anilines is 1. The molecule has 76 valence electrons. The van der Waals surface area contributed by atoms with Gasteiger partial charge in [0.25, 0.3) is 0 Å². The van der Waals surface area contributed by atoms with Gasteiger partial charge in [0.1, 0.15) is 0 Å². The molecule has 1 aliphatic heterocycles. The van der Waals surface area contributed by atoms with E-state index in [1.165, 1.54) is 29.7 Å². The second-order valence-corrected chi connectivity index (χ2v) is 5.11. The number of nitrogens with one attached hydrogen (secondary N) is 1. The molecule has 1 aromatic carbocycles. The van der Waals surface area contributed by atoms with E-state index in [0.717, 1.165) is 6.54 Å². The smallest absolute Gasteiger partial charge is 0.0375 e. The quantitative estimate of drug-likeness (QED) is 0.660. The van der Waals surface area contributed by atoms with Gasteiger partial charge in [-0.1, -0.05) is 32.9 Å². The topological polar surface area (TPSA) is 12.0 Å². The van der Waals surface area contributed by atoms with Gasteiger partial charge >= 0.3 is 0 Å². The largest absolute Gasteiger partial charge is 0.385 e. The molecule has 14 heavy (non-hydrogen) atoms. The molecular formula is C13H19N. The highest BCUT2D eigenvalue weighted by Gasteiger charge is 2.20. The van der Waals surface area contributed by atoms with Crippen molar-refractivity contribution in [1.82, 2.24) is 0 Å². The molecule has 0 aliphatic carbocycles. The van der Waals surface area contributed by atoms with Crippen molar-refractivity contribution in [3.05, 3.63) is 29.3 Å². The average molecular weight is 189 g/mol. The fourth-order valence-electron chi connectivity index (χ4n) is 2.21. The maximum atomic E-state index is 3.48. The minimum atomic E-state index is 0.268. The zero-order valence-electron chi connectivity index (χ0n) is 9.35. The molecule has 0 spiro atoms. The highest BCUT2D eigenvalue weighted by atomic mass is 14.9. The zero-order chi connectivity index (χ0) is 10.2. The third kappa shape index (κ3) is 1.63. The first kappa shape index (κ1) is 9.57. The van der Waals surface area contributed by atoms with E-state index >= 15 is 0 Å². The monoisotopic (exact) mass is 189 g/mol. The van der Waals surface area contributed by atoms with E-state index in [-0.39, 0.29) is 5.41 Å². The predicted molar refractivity (Wildman–Crippen MR) is 62.0 cm³/mol. The van der Waals surface area contributed by atoms with Crippen molar-refractivity contribution in [3.63, 3.8) is 0 Å². The van der Waals surface area contributed by atoms with E-state index in [0.29, 0.717) is 0 Å². The average Bonchev–Trinajstić information content (AvgIpc) is 2.15. The summed E-state index contributed by atoms with van der Waals surface area (Å²) in [4.78, 5) is 0. The van der Waals surface area contributed by atoms with Gasteiger partial charge < -0.3 is 5.32 Å². The Balaban J connectivity index is 2.51. The van der Waals surface area contributed by atoms with E-state index in [2.05, 4.69) is 44.3 Å². The standard InChI is InChI=1S/C13H19N/c1-13(2,3)11-7-4-8-12-10(11)6-5-9-14-12/h4,7-8,14H,5-6,9H2,1-3H3. The maximum absolute atomic E-state index is 3.48. The van der Waals surface area contributed by atoms with Crippen LogP contribution in [0, 0.1) is 0 Å². The van der Waals surface area contributed by atoms with Crippen molar-refractivity contribution in [3.8, 4) is 0 Å².